The van der Waals surface area contributed by atoms with Crippen molar-refractivity contribution >= 4 is 11.9 Å². The Hall–Kier alpha value is -2.04. The monoisotopic (exact) mass is 261 g/mol. The summed E-state index contributed by atoms with van der Waals surface area (Å²) in [5, 5.41) is 6.46. The van der Waals surface area contributed by atoms with Gasteiger partial charge in [0, 0.05) is 12.6 Å². The summed E-state index contributed by atoms with van der Waals surface area (Å²) >= 11 is 0. The third-order valence-electron chi connectivity index (χ3n) is 2.83. The first-order valence-electron chi connectivity index (χ1n) is 6.50. The second-order valence-corrected chi connectivity index (χ2v) is 4.51. The van der Waals surface area contributed by atoms with Gasteiger partial charge in [-0.3, -0.25) is 4.99 Å². The third kappa shape index (κ3) is 3.71. The van der Waals surface area contributed by atoms with E-state index in [2.05, 4.69) is 22.5 Å². The van der Waals surface area contributed by atoms with Crippen molar-refractivity contribution in [1.29, 1.82) is 0 Å². The van der Waals surface area contributed by atoms with E-state index in [1.54, 1.807) is 19.1 Å². The third-order valence-corrected chi connectivity index (χ3v) is 2.83. The molecule has 0 amide bonds. The lowest BCUT2D eigenvalue weighted by Crippen LogP contribution is -2.37. The van der Waals surface area contributed by atoms with Crippen molar-refractivity contribution in [2.24, 2.45) is 4.99 Å². The highest BCUT2D eigenvalue weighted by molar-refractivity contribution is 5.89. The number of carbonyl (C=O) groups excluding carboxylic acids is 1. The maximum Gasteiger partial charge on any atom is 0.338 e. The van der Waals surface area contributed by atoms with Gasteiger partial charge in [-0.25, -0.2) is 4.79 Å². The summed E-state index contributed by atoms with van der Waals surface area (Å²) in [6.07, 6.45) is 0. The second-order valence-electron chi connectivity index (χ2n) is 4.51. The molecule has 1 atom stereocenters. The molecule has 102 valence electrons. The predicted molar refractivity (Wildman–Crippen MR) is 74.1 cm³/mol. The predicted octanol–water partition coefficient (Wildman–Crippen LogP) is 1.30. The van der Waals surface area contributed by atoms with Crippen molar-refractivity contribution in [3.63, 3.8) is 0 Å². The Morgan fingerprint density at radius 1 is 1.47 bits per heavy atom. The van der Waals surface area contributed by atoms with E-state index < -0.39 is 0 Å². The minimum atomic E-state index is -0.280. The molecular formula is C14H19N3O2. The van der Waals surface area contributed by atoms with Crippen LogP contribution in [0.3, 0.4) is 0 Å². The summed E-state index contributed by atoms with van der Waals surface area (Å²) in [6.45, 7) is 5.77. The first-order valence-corrected chi connectivity index (χ1v) is 6.50. The Balaban J connectivity index is 1.87. The number of benzene rings is 1. The lowest BCUT2D eigenvalue weighted by molar-refractivity contribution is 0.0526. The molecule has 1 heterocycles. The standard InChI is InChI=1S/C14H19N3O2/c1-3-19-13(18)12-6-4-11(5-7-12)9-16-14-15-8-10(2)17-14/h4-7,10H,3,8-9H2,1-2H3,(H2,15,16,17). The summed E-state index contributed by atoms with van der Waals surface area (Å²) in [5.41, 5.74) is 1.67. The number of hydrogen-bond donors (Lipinski definition) is 2. The topological polar surface area (TPSA) is 62.7 Å². The summed E-state index contributed by atoms with van der Waals surface area (Å²) < 4.78 is 4.94. The minimum absolute atomic E-state index is 0.280. The number of ether oxygens (including phenoxy) is 1. The molecular weight excluding hydrogens is 242 g/mol. The lowest BCUT2D eigenvalue weighted by atomic mass is 10.1. The molecule has 5 nitrogen and oxygen atoms in total. The lowest BCUT2D eigenvalue weighted by Gasteiger charge is -2.09. The van der Waals surface area contributed by atoms with Gasteiger partial charge >= 0.3 is 5.97 Å². The van der Waals surface area contributed by atoms with Gasteiger partial charge in [0.15, 0.2) is 5.96 Å². The molecule has 5 heteroatoms. The molecule has 1 aliphatic rings. The molecule has 1 unspecified atom stereocenters. The number of aliphatic imine (C=N–C) groups is 1. The van der Waals surface area contributed by atoms with Crippen molar-refractivity contribution in [3.8, 4) is 0 Å². The highest BCUT2D eigenvalue weighted by Crippen LogP contribution is 2.06. The molecule has 1 aromatic rings. The van der Waals surface area contributed by atoms with Crippen molar-refractivity contribution < 1.29 is 9.53 Å². The van der Waals surface area contributed by atoms with Crippen LogP contribution in [0.4, 0.5) is 0 Å². The summed E-state index contributed by atoms with van der Waals surface area (Å²) in [6, 6.07) is 7.79. The van der Waals surface area contributed by atoms with Crippen LogP contribution in [0.5, 0.6) is 0 Å². The van der Waals surface area contributed by atoms with E-state index in [0.29, 0.717) is 24.8 Å². The van der Waals surface area contributed by atoms with Gasteiger partial charge in [-0.2, -0.15) is 0 Å². The fourth-order valence-electron chi connectivity index (χ4n) is 1.82. The molecule has 1 aromatic carbocycles. The molecule has 0 fully saturated rings. The number of esters is 1. The molecule has 2 N–H and O–H groups in total. The summed E-state index contributed by atoms with van der Waals surface area (Å²) in [7, 11) is 0. The number of nitrogens with one attached hydrogen (secondary N) is 2. The molecule has 0 aliphatic carbocycles. The minimum Gasteiger partial charge on any atom is -0.462 e. The number of guanidine groups is 1. The summed E-state index contributed by atoms with van der Waals surface area (Å²) in [5.74, 6) is 0.555. The van der Waals surface area contributed by atoms with Gasteiger partial charge in [0.1, 0.15) is 0 Å². The number of hydrogen-bond acceptors (Lipinski definition) is 5. The number of carbonyl (C=O) groups is 1. The van der Waals surface area contributed by atoms with Gasteiger partial charge in [-0.15, -0.1) is 0 Å². The average Bonchev–Trinajstić information content (AvgIpc) is 2.83. The largest absolute Gasteiger partial charge is 0.462 e. The highest BCUT2D eigenvalue weighted by Gasteiger charge is 2.11. The van der Waals surface area contributed by atoms with Crippen LogP contribution >= 0.6 is 0 Å². The molecule has 0 saturated heterocycles. The van der Waals surface area contributed by atoms with E-state index in [1.807, 2.05) is 12.1 Å². The fraction of sp³-hybridized carbons (Fsp3) is 0.429. The zero-order chi connectivity index (χ0) is 13.7. The second kappa shape index (κ2) is 6.22. The van der Waals surface area contributed by atoms with Crippen LogP contribution in [-0.2, 0) is 11.3 Å². The number of rotatable bonds is 4. The molecule has 19 heavy (non-hydrogen) atoms. The molecule has 0 bridgehead atoms. The van der Waals surface area contributed by atoms with Crippen LogP contribution in [-0.4, -0.2) is 31.1 Å². The Kier molecular flexibility index (Phi) is 4.39. The van der Waals surface area contributed by atoms with Gasteiger partial charge in [-0.05, 0) is 31.5 Å². The van der Waals surface area contributed by atoms with E-state index in [1.165, 1.54) is 0 Å². The first-order chi connectivity index (χ1) is 9.19. The Bertz CT molecular complexity index is 468. The van der Waals surface area contributed by atoms with E-state index in [-0.39, 0.29) is 5.97 Å². The van der Waals surface area contributed by atoms with Gasteiger partial charge in [0.25, 0.3) is 0 Å². The maximum absolute atomic E-state index is 11.5. The van der Waals surface area contributed by atoms with Gasteiger partial charge < -0.3 is 15.4 Å². The number of nitrogens with zero attached hydrogens (tertiary/aromatic N) is 1. The van der Waals surface area contributed by atoms with Crippen molar-refractivity contribution in [3.05, 3.63) is 35.4 Å². The SMILES string of the molecule is CCOC(=O)c1ccc(CNC2=NCC(C)N2)cc1. The van der Waals surface area contributed by atoms with E-state index >= 15 is 0 Å². The van der Waals surface area contributed by atoms with Crippen LogP contribution in [0.25, 0.3) is 0 Å². The molecule has 1 aliphatic heterocycles. The Morgan fingerprint density at radius 3 is 2.79 bits per heavy atom. The van der Waals surface area contributed by atoms with Gasteiger partial charge in [0.2, 0.25) is 0 Å². The van der Waals surface area contributed by atoms with Crippen molar-refractivity contribution in [2.75, 3.05) is 13.2 Å². The van der Waals surface area contributed by atoms with Gasteiger partial charge in [0.05, 0.1) is 18.7 Å². The van der Waals surface area contributed by atoms with Crippen LogP contribution in [0.1, 0.15) is 29.8 Å². The molecule has 2 rings (SSSR count). The van der Waals surface area contributed by atoms with Crippen LogP contribution in [0.2, 0.25) is 0 Å². The molecule has 0 aromatic heterocycles. The Morgan fingerprint density at radius 2 is 2.21 bits per heavy atom. The highest BCUT2D eigenvalue weighted by atomic mass is 16.5. The molecule has 0 spiro atoms. The van der Waals surface area contributed by atoms with E-state index in [0.717, 1.165) is 18.1 Å². The van der Waals surface area contributed by atoms with Crippen molar-refractivity contribution in [1.82, 2.24) is 10.6 Å². The van der Waals surface area contributed by atoms with E-state index in [4.69, 9.17) is 4.74 Å². The zero-order valence-electron chi connectivity index (χ0n) is 11.3. The van der Waals surface area contributed by atoms with Crippen LogP contribution in [0, 0.1) is 0 Å². The zero-order valence-corrected chi connectivity index (χ0v) is 11.3. The average molecular weight is 261 g/mol. The van der Waals surface area contributed by atoms with Crippen LogP contribution < -0.4 is 10.6 Å². The van der Waals surface area contributed by atoms with Crippen molar-refractivity contribution in [2.45, 2.75) is 26.4 Å². The first kappa shape index (κ1) is 13.4. The Labute approximate surface area is 113 Å². The van der Waals surface area contributed by atoms with Gasteiger partial charge in [-0.1, -0.05) is 12.1 Å². The maximum atomic E-state index is 11.5. The molecule has 0 saturated carbocycles. The molecule has 0 radical (unpaired) electrons. The summed E-state index contributed by atoms with van der Waals surface area (Å²) in [4.78, 5) is 15.8. The fourth-order valence-corrected chi connectivity index (χ4v) is 1.82. The quantitative estimate of drug-likeness (QED) is 0.802. The van der Waals surface area contributed by atoms with E-state index in [9.17, 15) is 4.79 Å². The smallest absolute Gasteiger partial charge is 0.338 e. The normalized spacial score (nSPS) is 17.6. The van der Waals surface area contributed by atoms with Crippen LogP contribution in [0.15, 0.2) is 29.3 Å².